The van der Waals surface area contributed by atoms with Crippen LogP contribution in [0.2, 0.25) is 0 Å². The fourth-order valence-electron chi connectivity index (χ4n) is 4.29. The maximum atomic E-state index is 3.77. The second-order valence-corrected chi connectivity index (χ2v) is 6.22. The molecule has 0 aromatic rings. The second kappa shape index (κ2) is 3.23. The van der Waals surface area contributed by atoms with Crippen molar-refractivity contribution in [1.29, 1.82) is 0 Å². The largest absolute Gasteiger partial charge is 0.313 e. The Morgan fingerprint density at radius 3 is 2.64 bits per heavy atom. The quantitative estimate of drug-likeness (QED) is 0.726. The molecule has 3 aliphatic carbocycles. The van der Waals surface area contributed by atoms with Crippen LogP contribution in [0.4, 0.5) is 0 Å². The highest BCUT2D eigenvalue weighted by Crippen LogP contribution is 2.61. The van der Waals surface area contributed by atoms with Crippen molar-refractivity contribution in [3.8, 4) is 0 Å². The monoisotopic (exact) mass is 193 g/mol. The summed E-state index contributed by atoms with van der Waals surface area (Å²) in [5, 5.41) is 3.77. The summed E-state index contributed by atoms with van der Waals surface area (Å²) in [6.07, 6.45) is 6.18. The molecule has 80 valence electrons. The van der Waals surface area contributed by atoms with E-state index in [1.165, 1.54) is 13.0 Å². The molecule has 0 heterocycles. The summed E-state index contributed by atoms with van der Waals surface area (Å²) in [5.41, 5.74) is 0. The minimum atomic E-state index is 0.813. The van der Waals surface area contributed by atoms with E-state index in [1.807, 2.05) is 0 Å². The van der Waals surface area contributed by atoms with E-state index in [-0.39, 0.29) is 0 Å². The predicted molar refractivity (Wildman–Crippen MR) is 59.1 cm³/mol. The smallest absolute Gasteiger partial charge is 0.0104 e. The van der Waals surface area contributed by atoms with Crippen LogP contribution in [0.1, 0.15) is 39.5 Å². The number of nitrogens with one attached hydrogen (secondary N) is 1. The fourth-order valence-corrected chi connectivity index (χ4v) is 4.29. The molecule has 2 unspecified atom stereocenters. The van der Waals surface area contributed by atoms with Gasteiger partial charge in [0, 0.05) is 6.04 Å². The first kappa shape index (κ1) is 9.21. The molecule has 2 bridgehead atoms. The van der Waals surface area contributed by atoms with E-state index in [1.54, 1.807) is 19.3 Å². The van der Waals surface area contributed by atoms with E-state index in [4.69, 9.17) is 0 Å². The first-order valence-electron chi connectivity index (χ1n) is 6.49. The van der Waals surface area contributed by atoms with Crippen LogP contribution in [0.25, 0.3) is 0 Å². The minimum Gasteiger partial charge on any atom is -0.313 e. The summed E-state index contributed by atoms with van der Waals surface area (Å²) >= 11 is 0. The Hall–Kier alpha value is -0.0400. The maximum absolute atomic E-state index is 3.77. The molecular formula is C13H23N. The third-order valence-electron chi connectivity index (χ3n) is 4.94. The minimum absolute atomic E-state index is 0.813. The van der Waals surface area contributed by atoms with Gasteiger partial charge in [-0.1, -0.05) is 13.8 Å². The van der Waals surface area contributed by atoms with E-state index in [0.717, 1.165) is 35.6 Å². The van der Waals surface area contributed by atoms with Gasteiger partial charge >= 0.3 is 0 Å². The Balaban J connectivity index is 1.55. The SMILES string of the molecule is CC(C)CN[C@@H]1C[C@@H]2C3CCC(C3)[C@@H]21. The number of fused-ring (bicyclic) bond motifs is 5. The zero-order valence-electron chi connectivity index (χ0n) is 9.50. The summed E-state index contributed by atoms with van der Waals surface area (Å²) in [6, 6.07) is 0.901. The van der Waals surface area contributed by atoms with E-state index >= 15 is 0 Å². The van der Waals surface area contributed by atoms with Crippen molar-refractivity contribution in [2.24, 2.45) is 29.6 Å². The van der Waals surface area contributed by atoms with Crippen LogP contribution in [0.5, 0.6) is 0 Å². The Bertz CT molecular complexity index is 221. The summed E-state index contributed by atoms with van der Waals surface area (Å²) in [7, 11) is 0. The van der Waals surface area contributed by atoms with Gasteiger partial charge in [0.2, 0.25) is 0 Å². The molecule has 3 fully saturated rings. The van der Waals surface area contributed by atoms with Crippen molar-refractivity contribution in [2.45, 2.75) is 45.6 Å². The van der Waals surface area contributed by atoms with Crippen molar-refractivity contribution >= 4 is 0 Å². The van der Waals surface area contributed by atoms with E-state index in [9.17, 15) is 0 Å². The molecule has 0 radical (unpaired) electrons. The van der Waals surface area contributed by atoms with Gasteiger partial charge in [-0.3, -0.25) is 0 Å². The van der Waals surface area contributed by atoms with Crippen LogP contribution in [0.15, 0.2) is 0 Å². The highest BCUT2D eigenvalue weighted by atomic mass is 15.0. The van der Waals surface area contributed by atoms with Gasteiger partial charge in [0.15, 0.2) is 0 Å². The molecule has 14 heavy (non-hydrogen) atoms. The number of rotatable bonds is 3. The molecule has 1 heteroatoms. The van der Waals surface area contributed by atoms with E-state index < -0.39 is 0 Å². The van der Waals surface area contributed by atoms with Crippen molar-refractivity contribution in [2.75, 3.05) is 6.54 Å². The molecule has 3 saturated carbocycles. The highest BCUT2D eigenvalue weighted by Gasteiger charge is 2.56. The van der Waals surface area contributed by atoms with Gasteiger partial charge in [-0.15, -0.1) is 0 Å². The van der Waals surface area contributed by atoms with Crippen LogP contribution in [0, 0.1) is 29.6 Å². The Morgan fingerprint density at radius 2 is 1.93 bits per heavy atom. The normalized spacial score (nSPS) is 49.5. The third-order valence-corrected chi connectivity index (χ3v) is 4.94. The standard InChI is InChI=1S/C13H23N/c1-8(2)7-14-12-6-11-9-3-4-10(5-9)13(11)12/h8-14H,3-7H2,1-2H3/t9?,10?,11-,12-,13+/m1/s1. The summed E-state index contributed by atoms with van der Waals surface area (Å²) in [5.74, 6) is 5.30. The molecule has 0 aromatic carbocycles. The van der Waals surface area contributed by atoms with Gasteiger partial charge < -0.3 is 5.32 Å². The highest BCUT2D eigenvalue weighted by molar-refractivity contribution is 5.08. The van der Waals surface area contributed by atoms with Gasteiger partial charge in [-0.2, -0.15) is 0 Å². The molecule has 5 atom stereocenters. The summed E-state index contributed by atoms with van der Waals surface area (Å²) in [6.45, 7) is 5.85. The fraction of sp³-hybridized carbons (Fsp3) is 1.00. The lowest BCUT2D eigenvalue weighted by Gasteiger charge is -2.48. The lowest BCUT2D eigenvalue weighted by molar-refractivity contribution is 0.0482. The van der Waals surface area contributed by atoms with Gasteiger partial charge in [-0.25, -0.2) is 0 Å². The van der Waals surface area contributed by atoms with E-state index in [2.05, 4.69) is 19.2 Å². The molecule has 0 amide bonds. The van der Waals surface area contributed by atoms with Crippen LogP contribution < -0.4 is 5.32 Å². The average Bonchev–Trinajstić information content (AvgIpc) is 2.59. The molecule has 0 spiro atoms. The summed E-state index contributed by atoms with van der Waals surface area (Å²) < 4.78 is 0. The molecular weight excluding hydrogens is 170 g/mol. The first-order chi connectivity index (χ1) is 6.75. The Labute approximate surface area is 87.7 Å². The lowest BCUT2D eigenvalue weighted by Crippen LogP contribution is -2.53. The van der Waals surface area contributed by atoms with Crippen LogP contribution in [-0.4, -0.2) is 12.6 Å². The number of hydrogen-bond donors (Lipinski definition) is 1. The molecule has 1 nitrogen and oxygen atoms in total. The molecule has 0 aliphatic heterocycles. The zero-order valence-corrected chi connectivity index (χ0v) is 9.50. The molecule has 0 aromatic heterocycles. The predicted octanol–water partition coefficient (Wildman–Crippen LogP) is 2.67. The Kier molecular flexibility index (Phi) is 2.12. The summed E-state index contributed by atoms with van der Waals surface area (Å²) in [4.78, 5) is 0. The van der Waals surface area contributed by atoms with Crippen molar-refractivity contribution < 1.29 is 0 Å². The van der Waals surface area contributed by atoms with Crippen molar-refractivity contribution in [1.82, 2.24) is 5.32 Å². The van der Waals surface area contributed by atoms with Gasteiger partial charge in [-0.05, 0) is 61.8 Å². The number of hydrogen-bond acceptors (Lipinski definition) is 1. The van der Waals surface area contributed by atoms with Crippen LogP contribution in [0.3, 0.4) is 0 Å². The maximum Gasteiger partial charge on any atom is 0.0104 e. The molecule has 3 rings (SSSR count). The van der Waals surface area contributed by atoms with Crippen LogP contribution >= 0.6 is 0 Å². The Morgan fingerprint density at radius 1 is 1.14 bits per heavy atom. The molecule has 3 aliphatic rings. The third kappa shape index (κ3) is 1.25. The van der Waals surface area contributed by atoms with Crippen molar-refractivity contribution in [3.05, 3.63) is 0 Å². The van der Waals surface area contributed by atoms with Gasteiger partial charge in [0.05, 0.1) is 0 Å². The van der Waals surface area contributed by atoms with E-state index in [0.29, 0.717) is 0 Å². The zero-order chi connectivity index (χ0) is 9.71. The van der Waals surface area contributed by atoms with Gasteiger partial charge in [0.25, 0.3) is 0 Å². The second-order valence-electron chi connectivity index (χ2n) is 6.22. The molecule has 0 saturated heterocycles. The van der Waals surface area contributed by atoms with Crippen molar-refractivity contribution in [3.63, 3.8) is 0 Å². The molecule has 1 N–H and O–H groups in total. The topological polar surface area (TPSA) is 12.0 Å². The first-order valence-corrected chi connectivity index (χ1v) is 6.49. The lowest BCUT2D eigenvalue weighted by atomic mass is 9.62. The van der Waals surface area contributed by atoms with Crippen LogP contribution in [-0.2, 0) is 0 Å². The van der Waals surface area contributed by atoms with Gasteiger partial charge in [0.1, 0.15) is 0 Å². The average molecular weight is 193 g/mol.